The predicted octanol–water partition coefficient (Wildman–Crippen LogP) is 3.48. The molecule has 0 aliphatic rings. The molecule has 0 unspecified atom stereocenters. The number of hydrogen-bond acceptors (Lipinski definition) is 2. The third kappa shape index (κ3) is 2.49. The SMILES string of the molecule is CC(=O)c1cc(C(F)(F)F)cc(Br)c1C=O. The van der Waals surface area contributed by atoms with Gasteiger partial charge in [-0.1, -0.05) is 15.9 Å². The molecule has 0 aliphatic carbocycles. The third-order valence-electron chi connectivity index (χ3n) is 1.95. The first-order valence-electron chi connectivity index (χ1n) is 4.14. The van der Waals surface area contributed by atoms with E-state index < -0.39 is 17.5 Å². The summed E-state index contributed by atoms with van der Waals surface area (Å²) in [6, 6.07) is 1.45. The van der Waals surface area contributed by atoms with Gasteiger partial charge in [0.25, 0.3) is 0 Å². The first kappa shape index (κ1) is 12.9. The highest BCUT2D eigenvalue weighted by atomic mass is 79.9. The Labute approximate surface area is 97.6 Å². The van der Waals surface area contributed by atoms with Gasteiger partial charge in [-0.2, -0.15) is 13.2 Å². The predicted molar refractivity (Wildman–Crippen MR) is 54.5 cm³/mol. The second-order valence-electron chi connectivity index (χ2n) is 3.09. The van der Waals surface area contributed by atoms with E-state index in [1.54, 1.807) is 0 Å². The fraction of sp³-hybridized carbons (Fsp3) is 0.200. The van der Waals surface area contributed by atoms with E-state index in [0.29, 0.717) is 12.4 Å². The average Bonchev–Trinajstić information content (AvgIpc) is 2.14. The van der Waals surface area contributed by atoms with E-state index in [9.17, 15) is 22.8 Å². The fourth-order valence-electron chi connectivity index (χ4n) is 1.19. The third-order valence-corrected chi connectivity index (χ3v) is 2.61. The zero-order chi connectivity index (χ0) is 12.5. The second kappa shape index (κ2) is 4.37. The van der Waals surface area contributed by atoms with Crippen molar-refractivity contribution in [2.75, 3.05) is 0 Å². The zero-order valence-electron chi connectivity index (χ0n) is 8.06. The molecule has 16 heavy (non-hydrogen) atoms. The van der Waals surface area contributed by atoms with Crippen LogP contribution in [-0.2, 0) is 6.18 Å². The number of rotatable bonds is 2. The Morgan fingerprint density at radius 1 is 1.38 bits per heavy atom. The topological polar surface area (TPSA) is 34.1 Å². The number of hydrogen-bond donors (Lipinski definition) is 0. The average molecular weight is 295 g/mol. The molecule has 0 amide bonds. The maximum atomic E-state index is 12.4. The number of aldehydes is 1. The first-order valence-corrected chi connectivity index (χ1v) is 4.93. The summed E-state index contributed by atoms with van der Waals surface area (Å²) in [7, 11) is 0. The summed E-state index contributed by atoms with van der Waals surface area (Å²) in [5.41, 5.74) is -1.27. The highest BCUT2D eigenvalue weighted by molar-refractivity contribution is 9.10. The Kier molecular flexibility index (Phi) is 3.52. The molecule has 0 aromatic heterocycles. The molecule has 1 aromatic carbocycles. The number of ketones is 1. The summed E-state index contributed by atoms with van der Waals surface area (Å²) in [4.78, 5) is 21.8. The van der Waals surface area contributed by atoms with E-state index in [1.807, 2.05) is 0 Å². The minimum absolute atomic E-state index is 0.0393. The van der Waals surface area contributed by atoms with Gasteiger partial charge in [0.15, 0.2) is 12.1 Å². The van der Waals surface area contributed by atoms with Crippen LogP contribution in [-0.4, -0.2) is 12.1 Å². The Balaban J connectivity index is 3.52. The normalized spacial score (nSPS) is 11.3. The van der Waals surface area contributed by atoms with Crippen molar-refractivity contribution < 1.29 is 22.8 Å². The molecular formula is C10H6BrF3O2. The molecule has 0 N–H and O–H groups in total. The molecule has 6 heteroatoms. The molecule has 0 saturated carbocycles. The summed E-state index contributed by atoms with van der Waals surface area (Å²) in [6.07, 6.45) is -4.20. The minimum Gasteiger partial charge on any atom is -0.298 e. The van der Waals surface area contributed by atoms with Crippen LogP contribution in [0.4, 0.5) is 13.2 Å². The lowest BCUT2D eigenvalue weighted by Gasteiger charge is -2.10. The van der Waals surface area contributed by atoms with E-state index in [4.69, 9.17) is 0 Å². The second-order valence-corrected chi connectivity index (χ2v) is 3.95. The van der Waals surface area contributed by atoms with Crippen molar-refractivity contribution in [1.29, 1.82) is 0 Å². The van der Waals surface area contributed by atoms with Crippen LogP contribution in [0, 0.1) is 0 Å². The quantitative estimate of drug-likeness (QED) is 0.618. The van der Waals surface area contributed by atoms with E-state index in [1.165, 1.54) is 0 Å². The maximum Gasteiger partial charge on any atom is 0.416 e. The number of alkyl halides is 3. The molecular weight excluding hydrogens is 289 g/mol. The molecule has 1 rings (SSSR count). The monoisotopic (exact) mass is 294 g/mol. The molecule has 0 bridgehead atoms. The van der Waals surface area contributed by atoms with Crippen molar-refractivity contribution in [2.24, 2.45) is 0 Å². The van der Waals surface area contributed by atoms with Gasteiger partial charge < -0.3 is 0 Å². The lowest BCUT2D eigenvalue weighted by atomic mass is 10.0. The summed E-state index contributed by atoms with van der Waals surface area (Å²) in [5, 5.41) is 0. The van der Waals surface area contributed by atoms with Crippen molar-refractivity contribution in [2.45, 2.75) is 13.1 Å². The Morgan fingerprint density at radius 3 is 2.31 bits per heavy atom. The summed E-state index contributed by atoms with van der Waals surface area (Å²) < 4.78 is 37.2. The Hall–Kier alpha value is -1.17. The van der Waals surface area contributed by atoms with Gasteiger partial charge in [0.05, 0.1) is 5.56 Å². The maximum absolute atomic E-state index is 12.4. The van der Waals surface area contributed by atoms with Crippen molar-refractivity contribution in [3.8, 4) is 0 Å². The van der Waals surface area contributed by atoms with Crippen molar-refractivity contribution in [3.05, 3.63) is 33.3 Å². The molecule has 0 saturated heterocycles. The van der Waals surface area contributed by atoms with Crippen LogP contribution < -0.4 is 0 Å². The molecule has 1 aromatic rings. The van der Waals surface area contributed by atoms with E-state index >= 15 is 0 Å². The molecule has 0 radical (unpaired) electrons. The standard InChI is InChI=1S/C10H6BrF3O2/c1-5(16)7-2-6(10(12,13)14)3-9(11)8(7)4-15/h2-4H,1H3. The van der Waals surface area contributed by atoms with Crippen molar-refractivity contribution >= 4 is 28.0 Å². The van der Waals surface area contributed by atoms with Gasteiger partial charge in [-0.05, 0) is 19.1 Å². The fourth-order valence-corrected chi connectivity index (χ4v) is 1.75. The van der Waals surface area contributed by atoms with Crippen LogP contribution in [0.25, 0.3) is 0 Å². The van der Waals surface area contributed by atoms with Gasteiger partial charge in [-0.3, -0.25) is 9.59 Å². The van der Waals surface area contributed by atoms with Gasteiger partial charge in [-0.15, -0.1) is 0 Å². The van der Waals surface area contributed by atoms with E-state index in [-0.39, 0.29) is 15.6 Å². The van der Waals surface area contributed by atoms with Crippen LogP contribution in [0.5, 0.6) is 0 Å². The van der Waals surface area contributed by atoms with Crippen LogP contribution in [0.15, 0.2) is 16.6 Å². The summed E-state index contributed by atoms with van der Waals surface area (Å²) in [6.45, 7) is 1.11. The number of carbonyl (C=O) groups is 2. The van der Waals surface area contributed by atoms with Crippen LogP contribution in [0.3, 0.4) is 0 Å². The minimum atomic E-state index is -4.55. The number of benzene rings is 1. The van der Waals surface area contributed by atoms with E-state index in [0.717, 1.165) is 13.0 Å². The molecule has 0 spiro atoms. The van der Waals surface area contributed by atoms with Gasteiger partial charge in [-0.25, -0.2) is 0 Å². The zero-order valence-corrected chi connectivity index (χ0v) is 9.65. The Bertz CT molecular complexity index is 452. The van der Waals surface area contributed by atoms with Crippen LogP contribution in [0.1, 0.15) is 33.2 Å². The largest absolute Gasteiger partial charge is 0.416 e. The molecule has 86 valence electrons. The lowest BCUT2D eigenvalue weighted by Crippen LogP contribution is -2.09. The number of Topliss-reactive ketones (excluding diaryl/α,β-unsaturated/α-hetero) is 1. The molecule has 0 atom stereocenters. The van der Waals surface area contributed by atoms with Gasteiger partial charge >= 0.3 is 6.18 Å². The van der Waals surface area contributed by atoms with Gasteiger partial charge in [0.2, 0.25) is 0 Å². The highest BCUT2D eigenvalue weighted by Gasteiger charge is 2.32. The molecule has 0 fully saturated rings. The van der Waals surface area contributed by atoms with Gasteiger partial charge in [0.1, 0.15) is 0 Å². The lowest BCUT2D eigenvalue weighted by molar-refractivity contribution is -0.137. The van der Waals surface area contributed by atoms with Crippen LogP contribution in [0.2, 0.25) is 0 Å². The first-order chi connectivity index (χ1) is 7.27. The molecule has 2 nitrogen and oxygen atoms in total. The highest BCUT2D eigenvalue weighted by Crippen LogP contribution is 2.33. The van der Waals surface area contributed by atoms with Crippen LogP contribution >= 0.6 is 15.9 Å². The Morgan fingerprint density at radius 2 is 1.94 bits per heavy atom. The summed E-state index contributed by atoms with van der Waals surface area (Å²) in [5.74, 6) is -0.589. The summed E-state index contributed by atoms with van der Waals surface area (Å²) >= 11 is 2.84. The molecule has 0 aliphatic heterocycles. The van der Waals surface area contributed by atoms with E-state index in [2.05, 4.69) is 15.9 Å². The smallest absolute Gasteiger partial charge is 0.298 e. The molecule has 0 heterocycles. The van der Waals surface area contributed by atoms with Crippen molar-refractivity contribution in [1.82, 2.24) is 0 Å². The number of carbonyl (C=O) groups excluding carboxylic acids is 2. The van der Waals surface area contributed by atoms with Crippen molar-refractivity contribution in [3.63, 3.8) is 0 Å². The number of halogens is 4. The van der Waals surface area contributed by atoms with Gasteiger partial charge in [0, 0.05) is 15.6 Å².